The smallest absolute Gasteiger partial charge is 0.243 e. The van der Waals surface area contributed by atoms with Crippen molar-refractivity contribution >= 4 is 10.0 Å². The Morgan fingerprint density at radius 2 is 1.90 bits per heavy atom. The largest absolute Gasteiger partial charge is 0.326 e. The minimum absolute atomic E-state index is 0.0498. The van der Waals surface area contributed by atoms with Gasteiger partial charge in [0.25, 0.3) is 0 Å². The Morgan fingerprint density at radius 3 is 2.35 bits per heavy atom. The summed E-state index contributed by atoms with van der Waals surface area (Å²) in [4.78, 5) is 0.408. The maximum atomic E-state index is 12.9. The molecule has 20 heavy (non-hydrogen) atoms. The van der Waals surface area contributed by atoms with E-state index < -0.39 is 10.0 Å². The van der Waals surface area contributed by atoms with Crippen LogP contribution in [-0.2, 0) is 23.0 Å². The van der Waals surface area contributed by atoms with Gasteiger partial charge in [0.2, 0.25) is 10.0 Å². The summed E-state index contributed by atoms with van der Waals surface area (Å²) in [7, 11) is -3.46. The lowest BCUT2D eigenvalue weighted by Gasteiger charge is -2.26. The van der Waals surface area contributed by atoms with E-state index >= 15 is 0 Å². The van der Waals surface area contributed by atoms with Crippen molar-refractivity contribution in [2.75, 3.05) is 6.54 Å². The van der Waals surface area contributed by atoms with E-state index in [9.17, 15) is 8.42 Å². The summed E-state index contributed by atoms with van der Waals surface area (Å²) in [5, 5.41) is 0. The number of aryl methyl sites for hydroxylation is 1. The fourth-order valence-corrected chi connectivity index (χ4v) is 4.34. The van der Waals surface area contributed by atoms with Crippen molar-refractivity contribution in [3.8, 4) is 0 Å². The molecule has 0 amide bonds. The standard InChI is InChI=1S/C15H26N2O2S/c1-5-9-17(12(3)4)20(18,19)15-10-13(11-16)7-8-14(15)6-2/h7-8,10,12H,5-6,9,11,16H2,1-4H3. The molecule has 0 fully saturated rings. The first kappa shape index (κ1) is 17.1. The van der Waals surface area contributed by atoms with Crippen LogP contribution in [0.5, 0.6) is 0 Å². The van der Waals surface area contributed by atoms with E-state index in [0.29, 0.717) is 24.4 Å². The quantitative estimate of drug-likeness (QED) is 0.841. The third kappa shape index (κ3) is 3.59. The molecule has 0 saturated carbocycles. The van der Waals surface area contributed by atoms with Gasteiger partial charge < -0.3 is 5.73 Å². The van der Waals surface area contributed by atoms with Crippen molar-refractivity contribution in [2.24, 2.45) is 5.73 Å². The van der Waals surface area contributed by atoms with Crippen molar-refractivity contribution in [3.05, 3.63) is 29.3 Å². The highest BCUT2D eigenvalue weighted by atomic mass is 32.2. The monoisotopic (exact) mass is 298 g/mol. The molecule has 0 saturated heterocycles. The van der Waals surface area contributed by atoms with Crippen molar-refractivity contribution in [1.82, 2.24) is 4.31 Å². The van der Waals surface area contributed by atoms with Crippen LogP contribution in [0, 0.1) is 0 Å². The van der Waals surface area contributed by atoms with E-state index in [1.165, 1.54) is 0 Å². The molecule has 4 nitrogen and oxygen atoms in total. The minimum atomic E-state index is -3.46. The Morgan fingerprint density at radius 1 is 1.25 bits per heavy atom. The summed E-state index contributed by atoms with van der Waals surface area (Å²) < 4.78 is 27.4. The van der Waals surface area contributed by atoms with Gasteiger partial charge in [-0.05, 0) is 43.9 Å². The molecule has 0 aromatic heterocycles. The van der Waals surface area contributed by atoms with Crippen molar-refractivity contribution < 1.29 is 8.42 Å². The lowest BCUT2D eigenvalue weighted by Crippen LogP contribution is -2.38. The van der Waals surface area contributed by atoms with Crippen molar-refractivity contribution in [3.63, 3.8) is 0 Å². The zero-order chi connectivity index (χ0) is 15.3. The summed E-state index contributed by atoms with van der Waals surface area (Å²) in [6, 6.07) is 5.45. The summed E-state index contributed by atoms with van der Waals surface area (Å²) in [6.07, 6.45) is 1.49. The second kappa shape index (κ2) is 7.20. The zero-order valence-electron chi connectivity index (χ0n) is 12.9. The predicted octanol–water partition coefficient (Wildman–Crippen LogP) is 2.52. The Balaban J connectivity index is 3.38. The van der Waals surface area contributed by atoms with Crippen LogP contribution >= 0.6 is 0 Å². The maximum Gasteiger partial charge on any atom is 0.243 e. The van der Waals surface area contributed by atoms with Gasteiger partial charge in [-0.2, -0.15) is 4.31 Å². The molecule has 0 heterocycles. The van der Waals surface area contributed by atoms with Gasteiger partial charge in [-0.3, -0.25) is 0 Å². The third-order valence-electron chi connectivity index (χ3n) is 3.35. The van der Waals surface area contributed by atoms with Crippen LogP contribution < -0.4 is 5.73 Å². The Hall–Kier alpha value is -0.910. The highest BCUT2D eigenvalue weighted by Crippen LogP contribution is 2.24. The highest BCUT2D eigenvalue weighted by Gasteiger charge is 2.28. The molecule has 1 rings (SSSR count). The van der Waals surface area contributed by atoms with E-state index in [1.807, 2.05) is 39.8 Å². The second-order valence-corrected chi connectivity index (χ2v) is 7.07. The molecule has 2 N–H and O–H groups in total. The summed E-state index contributed by atoms with van der Waals surface area (Å²) >= 11 is 0. The van der Waals surface area contributed by atoms with Gasteiger partial charge in [0, 0.05) is 19.1 Å². The second-order valence-electron chi connectivity index (χ2n) is 5.21. The van der Waals surface area contributed by atoms with Crippen LogP contribution in [0.4, 0.5) is 0 Å². The molecule has 1 aromatic rings. The molecule has 0 bridgehead atoms. The van der Waals surface area contributed by atoms with Crippen LogP contribution in [-0.4, -0.2) is 25.3 Å². The molecule has 0 aliphatic carbocycles. The lowest BCUT2D eigenvalue weighted by molar-refractivity contribution is 0.353. The van der Waals surface area contributed by atoms with Gasteiger partial charge in [0.05, 0.1) is 4.90 Å². The Labute approximate surface area is 123 Å². The van der Waals surface area contributed by atoms with E-state index in [2.05, 4.69) is 0 Å². The molecule has 0 aliphatic heterocycles. The average Bonchev–Trinajstić information content (AvgIpc) is 2.43. The van der Waals surface area contributed by atoms with Gasteiger partial charge in [-0.25, -0.2) is 8.42 Å². The molecular weight excluding hydrogens is 272 g/mol. The van der Waals surface area contributed by atoms with Crippen LogP contribution in [0.2, 0.25) is 0 Å². The number of hydrogen-bond acceptors (Lipinski definition) is 3. The Kier molecular flexibility index (Phi) is 6.17. The molecule has 0 spiro atoms. The number of benzene rings is 1. The number of rotatable bonds is 7. The highest BCUT2D eigenvalue weighted by molar-refractivity contribution is 7.89. The Bertz CT molecular complexity index is 539. The molecule has 5 heteroatoms. The first-order chi connectivity index (χ1) is 9.38. The fourth-order valence-electron chi connectivity index (χ4n) is 2.26. The minimum Gasteiger partial charge on any atom is -0.326 e. The molecular formula is C15H26N2O2S. The number of hydrogen-bond donors (Lipinski definition) is 1. The van der Waals surface area contributed by atoms with Crippen LogP contribution in [0.3, 0.4) is 0 Å². The summed E-state index contributed by atoms with van der Waals surface area (Å²) in [5.74, 6) is 0. The van der Waals surface area contributed by atoms with Gasteiger partial charge in [0.1, 0.15) is 0 Å². The normalized spacial score (nSPS) is 12.3. The number of sulfonamides is 1. The number of nitrogens with two attached hydrogens (primary N) is 1. The summed E-state index contributed by atoms with van der Waals surface area (Å²) in [6.45, 7) is 8.66. The fraction of sp³-hybridized carbons (Fsp3) is 0.600. The van der Waals surface area contributed by atoms with Crippen LogP contribution in [0.15, 0.2) is 23.1 Å². The SMILES string of the molecule is CCCN(C(C)C)S(=O)(=O)c1cc(CN)ccc1CC. The topological polar surface area (TPSA) is 63.4 Å². The third-order valence-corrected chi connectivity index (χ3v) is 5.51. The van der Waals surface area contributed by atoms with Gasteiger partial charge >= 0.3 is 0 Å². The maximum absolute atomic E-state index is 12.9. The summed E-state index contributed by atoms with van der Waals surface area (Å²) in [5.41, 5.74) is 7.34. The van der Waals surface area contributed by atoms with Crippen molar-refractivity contribution in [2.45, 2.75) is 58.0 Å². The molecule has 0 unspecified atom stereocenters. The van der Waals surface area contributed by atoms with Gasteiger partial charge in [-0.1, -0.05) is 26.0 Å². The van der Waals surface area contributed by atoms with Crippen LogP contribution in [0.1, 0.15) is 45.2 Å². The van der Waals surface area contributed by atoms with Crippen LogP contribution in [0.25, 0.3) is 0 Å². The molecule has 0 radical (unpaired) electrons. The van der Waals surface area contributed by atoms with E-state index in [1.54, 1.807) is 10.4 Å². The first-order valence-corrected chi connectivity index (χ1v) is 8.66. The predicted molar refractivity (Wildman–Crippen MR) is 83.0 cm³/mol. The molecule has 1 aromatic carbocycles. The first-order valence-electron chi connectivity index (χ1n) is 7.22. The van der Waals surface area contributed by atoms with E-state index in [0.717, 1.165) is 17.5 Å². The van der Waals surface area contributed by atoms with Gasteiger partial charge in [0.15, 0.2) is 0 Å². The lowest BCUT2D eigenvalue weighted by atomic mass is 10.1. The number of nitrogens with zero attached hydrogens (tertiary/aromatic N) is 1. The molecule has 0 aliphatic rings. The van der Waals surface area contributed by atoms with E-state index in [-0.39, 0.29) is 6.04 Å². The van der Waals surface area contributed by atoms with Crippen molar-refractivity contribution in [1.29, 1.82) is 0 Å². The zero-order valence-corrected chi connectivity index (χ0v) is 13.7. The van der Waals surface area contributed by atoms with Gasteiger partial charge in [-0.15, -0.1) is 0 Å². The molecule has 114 valence electrons. The molecule has 0 atom stereocenters. The average molecular weight is 298 g/mol. The van der Waals surface area contributed by atoms with E-state index in [4.69, 9.17) is 5.73 Å².